The molecule has 0 saturated carbocycles. The fourth-order valence-corrected chi connectivity index (χ4v) is 12.2. The molecule has 3 aliphatic heterocycles. The molecule has 6 aromatic carbocycles. The fraction of sp³-hybridized carbons (Fsp3) is 0.434. The van der Waals surface area contributed by atoms with E-state index in [4.69, 9.17) is 38.3 Å². The molecule has 123 heavy (non-hydrogen) atoms. The molecule has 27 nitrogen and oxygen atoms in total. The van der Waals surface area contributed by atoms with Gasteiger partial charge in [0.1, 0.15) is 69.0 Å². The van der Waals surface area contributed by atoms with E-state index in [1.807, 2.05) is 66.7 Å². The van der Waals surface area contributed by atoms with Gasteiger partial charge < -0.3 is 78.8 Å². The smallest absolute Gasteiger partial charge is 0.410 e. The molecule has 6 amide bonds. The zero-order chi connectivity index (χ0) is 89.9. The van der Waals surface area contributed by atoms with Crippen LogP contribution in [-0.2, 0) is 81.9 Å². The number of esters is 2. The zero-order valence-electron chi connectivity index (χ0n) is 67.3. The summed E-state index contributed by atoms with van der Waals surface area (Å²) in [6.45, 7) is 7.86. The number of amides is 6. The molecule has 0 bridgehead atoms. The van der Waals surface area contributed by atoms with Crippen molar-refractivity contribution in [3.05, 3.63) is 196 Å². The molecule has 9 rings (SSSR count). The number of carbonyl (C=O) groups is 11. The second-order valence-electron chi connectivity index (χ2n) is 30.1. The fourth-order valence-electron chi connectivity index (χ4n) is 12.2. The van der Waals surface area contributed by atoms with Gasteiger partial charge in [0.25, 0.3) is 0 Å². The third kappa shape index (κ3) is 31.5. The Labute approximate surface area is 704 Å². The molecule has 3 aliphatic rings. The normalized spacial score (nSPS) is 14.7. The molecule has 5 N–H and O–H groups in total. The Morgan fingerprint density at radius 2 is 0.667 bits per heavy atom. The van der Waals surface area contributed by atoms with Crippen LogP contribution in [0.15, 0.2) is 109 Å². The van der Waals surface area contributed by atoms with Gasteiger partial charge in [-0.1, -0.05) is 91.0 Å². The number of carbonyl (C=O) groups excluding carboxylic acids is 10. The number of hydrogen-bond donors (Lipinski definition) is 5. The molecule has 3 fully saturated rings. The maximum atomic E-state index is 14.0. The Kier molecular flexibility index (Phi) is 38.2. The van der Waals surface area contributed by atoms with Gasteiger partial charge in [0.15, 0.2) is 63.7 Å². The summed E-state index contributed by atoms with van der Waals surface area (Å²) in [5.74, 6) is -34.6. The van der Waals surface area contributed by atoms with Crippen LogP contribution >= 0.6 is 13.5 Å². The summed E-state index contributed by atoms with van der Waals surface area (Å²) in [5.41, 5.74) is 0.643. The molecule has 0 radical (unpaired) electrons. The first-order chi connectivity index (χ1) is 57.6. The Hall–Kier alpha value is -11.8. The van der Waals surface area contributed by atoms with Crippen molar-refractivity contribution in [2.45, 2.75) is 155 Å². The highest BCUT2D eigenvalue weighted by Crippen LogP contribution is 2.32. The third-order valence-electron chi connectivity index (χ3n) is 18.5. The number of aliphatic hydroxyl groups is 1. The van der Waals surface area contributed by atoms with Gasteiger partial charge >= 0.3 is 36.2 Å². The maximum absolute atomic E-state index is 14.0. The summed E-state index contributed by atoms with van der Waals surface area (Å²) in [6.07, 6.45) is -4.02. The first-order valence-corrected chi connectivity index (χ1v) is 38.1. The van der Waals surface area contributed by atoms with E-state index in [9.17, 15) is 111 Å². The quantitative estimate of drug-likeness (QED) is 0.0121. The minimum atomic E-state index is -1.87. The number of hydrogen-bond acceptors (Lipinski definition) is 20. The molecule has 40 heteroatoms. The van der Waals surface area contributed by atoms with Crippen molar-refractivity contribution >= 4 is 79.0 Å². The van der Waals surface area contributed by atoms with Crippen LogP contribution in [0, 0.1) is 87.6 Å². The van der Waals surface area contributed by atoms with Crippen molar-refractivity contribution in [2.75, 3.05) is 59.1 Å². The zero-order valence-corrected chi connectivity index (χ0v) is 68.3. The lowest BCUT2D eigenvalue weighted by Gasteiger charge is -2.32. The van der Waals surface area contributed by atoms with Crippen LogP contribution in [0.2, 0.25) is 0 Å². The number of halogens is 12. The lowest BCUT2D eigenvalue weighted by atomic mass is 9.95. The average Bonchev–Trinajstić information content (AvgIpc) is 0.698. The molecule has 0 spiro atoms. The molecule has 3 saturated heterocycles. The topological polar surface area (TPSA) is 348 Å². The number of benzene rings is 6. The van der Waals surface area contributed by atoms with Gasteiger partial charge in [-0.3, -0.25) is 38.4 Å². The highest BCUT2D eigenvalue weighted by Gasteiger charge is 2.38. The summed E-state index contributed by atoms with van der Waals surface area (Å²) in [4.78, 5) is 142. The number of likely N-dealkylation sites (tertiary alicyclic amines) is 3. The number of carboxylic acids is 1. The summed E-state index contributed by atoms with van der Waals surface area (Å²) >= 11 is 0. The highest BCUT2D eigenvalue weighted by molar-refractivity contribution is 7.59. The van der Waals surface area contributed by atoms with Crippen molar-refractivity contribution in [3.8, 4) is 17.2 Å². The van der Waals surface area contributed by atoms with E-state index in [2.05, 4.69) is 20.7 Å². The Morgan fingerprint density at radius 3 is 0.951 bits per heavy atom. The van der Waals surface area contributed by atoms with Gasteiger partial charge in [0.05, 0.1) is 25.3 Å². The molecule has 670 valence electrons. The van der Waals surface area contributed by atoms with Crippen LogP contribution in [0.4, 0.5) is 67.1 Å². The molecule has 1 unspecified atom stereocenters. The van der Waals surface area contributed by atoms with E-state index in [-0.39, 0.29) is 129 Å². The van der Waals surface area contributed by atoms with Gasteiger partial charge in [-0.2, -0.15) is 39.8 Å². The monoisotopic (exact) mass is 1770 g/mol. The van der Waals surface area contributed by atoms with Crippen LogP contribution in [-0.4, -0.2) is 185 Å². The summed E-state index contributed by atoms with van der Waals surface area (Å²) < 4.78 is 205. The number of Topliss-reactive ketones (excluding diaryl/α,β-unsaturated/α-hetero) is 2. The second-order valence-corrected chi connectivity index (χ2v) is 30.1. The molecule has 4 atom stereocenters. The van der Waals surface area contributed by atoms with Gasteiger partial charge in [0, 0.05) is 75.2 Å². The van der Waals surface area contributed by atoms with Gasteiger partial charge in [0.2, 0.25) is 52.6 Å². The highest BCUT2D eigenvalue weighted by atomic mass is 32.1. The lowest BCUT2D eigenvalue weighted by molar-refractivity contribution is -0.157. The summed E-state index contributed by atoms with van der Waals surface area (Å²) in [5, 5.41) is 27.1. The summed E-state index contributed by atoms with van der Waals surface area (Å²) in [6, 6.07) is 22.7. The number of rotatable bonds is 30. The molecular weight excluding hydrogens is 1680 g/mol. The van der Waals surface area contributed by atoms with E-state index in [0.717, 1.165) is 16.7 Å². The van der Waals surface area contributed by atoms with Crippen LogP contribution in [0.25, 0.3) is 0 Å². The van der Waals surface area contributed by atoms with Crippen molar-refractivity contribution in [3.63, 3.8) is 0 Å². The SMILES string of the molecule is CC(C)(C)OC(=O)C[C@H](NC(=O)C1CCN(C(=O)OCc2ccccc2)CC1)C(=O)COc1c(F)c(F)cc(F)c1F.CC(C)(C)OC(=O)C[C@H](NC(=O)C1CCN(C(=O)OCc2ccccc2)CC1)C(O)COc1c(F)c(F)cc(F)c1F.O=C(O)C[C@H](NC(=O)C1CCN(C(=O)OCc2ccccc2)CC1)C(=O)COc1c(F)c(F)cc(F)c1F.S. The Bertz CT molecular complexity index is 4570. The first-order valence-electron chi connectivity index (χ1n) is 38.1. The number of piperidine rings is 3. The third-order valence-corrected chi connectivity index (χ3v) is 18.5. The van der Waals surface area contributed by atoms with Crippen LogP contribution in [0.5, 0.6) is 17.2 Å². The standard InChI is InChI=1S/C29H34F4N2O7.C29H32F4N2O7.C25H24F4N2O7.H2S/c2*1-29(2,3)42-23(37)14-21(22(36)16-40-26-24(32)19(30)13-20(31)25(26)33)34-27(38)18-9-11-35(12-10-18)28(39)41-15-17-7-5-4-6-8-17;26-16-10-17(27)22(29)23(21(16)28)37-13-19(32)18(11-20(33)34)30-24(35)15-6-8-31(9-7-15)25(36)38-12-14-4-2-1-3-5-14;/h4-8,13,18,21-22,36H,9-12,14-16H2,1-3H3,(H,34,38);4-8,13,18,21H,9-12,14-16H2,1-3H3,(H,34,38);1-5,10,15,18H,6-9,11-13H2,(H,30,35)(H,33,34);1H2/t21-,22?;21-;18-;/m000./s1. The molecule has 6 aromatic rings. The molecular formula is C83H92F12N6O21S. The van der Waals surface area contributed by atoms with E-state index >= 15 is 0 Å². The maximum Gasteiger partial charge on any atom is 0.410 e. The Balaban J connectivity index is 0.000000285. The predicted molar refractivity (Wildman–Crippen MR) is 413 cm³/mol. The van der Waals surface area contributed by atoms with Crippen molar-refractivity contribution in [1.29, 1.82) is 0 Å². The largest absolute Gasteiger partial charge is 0.485 e. The number of ether oxygens (including phenoxy) is 8. The Morgan fingerprint density at radius 1 is 0.398 bits per heavy atom. The minimum Gasteiger partial charge on any atom is -0.485 e. The van der Waals surface area contributed by atoms with Crippen molar-refractivity contribution < 1.29 is 154 Å². The van der Waals surface area contributed by atoms with Gasteiger partial charge in [-0.25, -0.2) is 40.7 Å². The number of carboxylic acid groups (broad SMARTS) is 1. The molecule has 0 aromatic heterocycles. The second kappa shape index (κ2) is 47.0. The van der Waals surface area contributed by atoms with Crippen LogP contribution in [0.3, 0.4) is 0 Å². The number of aliphatic hydroxyl groups excluding tert-OH is 1. The predicted octanol–water partition coefficient (Wildman–Crippen LogP) is 12.0. The van der Waals surface area contributed by atoms with E-state index in [1.54, 1.807) is 65.8 Å². The van der Waals surface area contributed by atoms with Gasteiger partial charge in [-0.05, 0) is 96.8 Å². The van der Waals surface area contributed by atoms with E-state index in [0.29, 0.717) is 0 Å². The van der Waals surface area contributed by atoms with E-state index < -0.39 is 245 Å². The molecule has 0 aliphatic carbocycles. The molecule has 3 heterocycles. The minimum absolute atomic E-state index is 0. The summed E-state index contributed by atoms with van der Waals surface area (Å²) in [7, 11) is 0. The number of nitrogens with one attached hydrogen (secondary N) is 3. The van der Waals surface area contributed by atoms with Gasteiger partial charge in [-0.15, -0.1) is 0 Å². The first kappa shape index (κ1) is 100.0. The van der Waals surface area contributed by atoms with Crippen LogP contribution < -0.4 is 30.2 Å². The van der Waals surface area contributed by atoms with Crippen molar-refractivity contribution in [1.82, 2.24) is 30.7 Å². The average molecular weight is 1770 g/mol. The number of aliphatic carboxylic acids is 1. The van der Waals surface area contributed by atoms with Crippen LogP contribution in [0.1, 0.15) is 116 Å². The van der Waals surface area contributed by atoms with Crippen molar-refractivity contribution in [2.24, 2.45) is 17.8 Å². The van der Waals surface area contributed by atoms with E-state index in [1.165, 1.54) is 14.7 Å². The lowest BCUT2D eigenvalue weighted by Crippen LogP contribution is -2.51. The number of ketones is 2. The number of nitrogens with zero attached hydrogens (tertiary/aromatic N) is 3.